The standard InChI is InChI=1S/C8H5BrClF3N2O2/c9-3-1-6(17-8(11,12)13)4(10)2-5(3)15-7(14)16/h1-2H,(H3,14,15,16). The molecule has 0 heterocycles. The summed E-state index contributed by atoms with van der Waals surface area (Å²) in [7, 11) is 0. The summed E-state index contributed by atoms with van der Waals surface area (Å²) in [5.41, 5.74) is 4.99. The largest absolute Gasteiger partial charge is 0.573 e. The van der Waals surface area contributed by atoms with Crippen LogP contribution in [0.25, 0.3) is 0 Å². The Balaban J connectivity index is 3.05. The zero-order chi connectivity index (χ0) is 13.2. The molecule has 0 aliphatic rings. The minimum absolute atomic E-state index is 0.136. The van der Waals surface area contributed by atoms with Crippen molar-refractivity contribution in [1.82, 2.24) is 0 Å². The fourth-order valence-electron chi connectivity index (χ4n) is 0.960. The van der Waals surface area contributed by atoms with Gasteiger partial charge in [-0.1, -0.05) is 11.6 Å². The van der Waals surface area contributed by atoms with Gasteiger partial charge in [-0.25, -0.2) is 4.79 Å². The van der Waals surface area contributed by atoms with E-state index in [4.69, 9.17) is 17.3 Å². The molecule has 0 unspecified atom stereocenters. The van der Waals surface area contributed by atoms with Crippen molar-refractivity contribution in [3.63, 3.8) is 0 Å². The number of urea groups is 1. The van der Waals surface area contributed by atoms with Crippen molar-refractivity contribution in [3.8, 4) is 5.75 Å². The van der Waals surface area contributed by atoms with Crippen LogP contribution in [-0.4, -0.2) is 12.4 Å². The molecular formula is C8H5BrClF3N2O2. The minimum atomic E-state index is -4.85. The highest BCUT2D eigenvalue weighted by Gasteiger charge is 2.32. The number of nitrogens with one attached hydrogen (secondary N) is 1. The van der Waals surface area contributed by atoms with E-state index in [0.717, 1.165) is 12.1 Å². The van der Waals surface area contributed by atoms with Gasteiger partial charge in [0.05, 0.1) is 10.7 Å². The van der Waals surface area contributed by atoms with Crippen molar-refractivity contribution >= 4 is 39.2 Å². The van der Waals surface area contributed by atoms with Crippen LogP contribution in [0.1, 0.15) is 0 Å². The first-order valence-corrected chi connectivity index (χ1v) is 5.17. The van der Waals surface area contributed by atoms with E-state index in [1.165, 1.54) is 0 Å². The number of carbonyl (C=O) groups excluding carboxylic acids is 1. The highest BCUT2D eigenvalue weighted by atomic mass is 79.9. The molecule has 0 atom stereocenters. The molecule has 0 fully saturated rings. The molecule has 0 aliphatic heterocycles. The van der Waals surface area contributed by atoms with E-state index < -0.39 is 18.1 Å². The summed E-state index contributed by atoms with van der Waals surface area (Å²) < 4.78 is 39.8. The number of rotatable bonds is 2. The molecular weight excluding hydrogens is 328 g/mol. The highest BCUT2D eigenvalue weighted by Crippen LogP contribution is 2.37. The molecule has 0 saturated carbocycles. The van der Waals surface area contributed by atoms with Crippen molar-refractivity contribution in [1.29, 1.82) is 0 Å². The molecule has 9 heteroatoms. The van der Waals surface area contributed by atoms with Gasteiger partial charge in [-0.3, -0.25) is 0 Å². The van der Waals surface area contributed by atoms with E-state index in [9.17, 15) is 18.0 Å². The molecule has 94 valence electrons. The second-order valence-corrected chi connectivity index (χ2v) is 4.06. The van der Waals surface area contributed by atoms with Gasteiger partial charge < -0.3 is 15.8 Å². The number of primary amides is 1. The Hall–Kier alpha value is -1.15. The van der Waals surface area contributed by atoms with Crippen LogP contribution in [0.5, 0.6) is 5.75 Å². The summed E-state index contributed by atoms with van der Waals surface area (Å²) in [4.78, 5) is 10.6. The molecule has 1 aromatic carbocycles. The topological polar surface area (TPSA) is 64.4 Å². The van der Waals surface area contributed by atoms with E-state index in [-0.39, 0.29) is 15.2 Å². The Morgan fingerprint density at radius 3 is 2.53 bits per heavy atom. The van der Waals surface area contributed by atoms with Gasteiger partial charge >= 0.3 is 12.4 Å². The van der Waals surface area contributed by atoms with Gasteiger partial charge in [-0.15, -0.1) is 13.2 Å². The van der Waals surface area contributed by atoms with Gasteiger partial charge in [0.15, 0.2) is 0 Å². The van der Waals surface area contributed by atoms with Crippen LogP contribution in [-0.2, 0) is 0 Å². The van der Waals surface area contributed by atoms with Gasteiger partial charge in [0, 0.05) is 4.47 Å². The third-order valence-electron chi connectivity index (χ3n) is 1.51. The van der Waals surface area contributed by atoms with E-state index in [1.807, 2.05) is 0 Å². The number of carbonyl (C=O) groups is 1. The number of benzene rings is 1. The lowest BCUT2D eigenvalue weighted by Crippen LogP contribution is -2.20. The number of halogens is 5. The normalized spacial score (nSPS) is 11.1. The third kappa shape index (κ3) is 4.31. The first kappa shape index (κ1) is 13.9. The molecule has 0 saturated heterocycles. The molecule has 4 nitrogen and oxygen atoms in total. The lowest BCUT2D eigenvalue weighted by Gasteiger charge is -2.12. The van der Waals surface area contributed by atoms with E-state index in [0.29, 0.717) is 0 Å². The Morgan fingerprint density at radius 2 is 2.06 bits per heavy atom. The Labute approximate surface area is 107 Å². The van der Waals surface area contributed by atoms with Crippen molar-refractivity contribution in [3.05, 3.63) is 21.6 Å². The van der Waals surface area contributed by atoms with E-state index in [1.54, 1.807) is 0 Å². The van der Waals surface area contributed by atoms with Crippen LogP contribution in [0, 0.1) is 0 Å². The molecule has 0 spiro atoms. The molecule has 0 aromatic heterocycles. The second kappa shape index (κ2) is 5.01. The number of hydrogen-bond donors (Lipinski definition) is 2. The van der Waals surface area contributed by atoms with Gasteiger partial charge in [0.25, 0.3) is 0 Å². The predicted molar refractivity (Wildman–Crippen MR) is 59.0 cm³/mol. The van der Waals surface area contributed by atoms with E-state index >= 15 is 0 Å². The maximum absolute atomic E-state index is 12.0. The Morgan fingerprint density at radius 1 is 1.47 bits per heavy atom. The molecule has 1 rings (SSSR count). The predicted octanol–water partition coefficient (Wildman–Crippen LogP) is 3.49. The Bertz CT molecular complexity index is 453. The number of hydrogen-bond acceptors (Lipinski definition) is 2. The monoisotopic (exact) mass is 332 g/mol. The molecule has 1 aromatic rings. The van der Waals surface area contributed by atoms with Gasteiger partial charge in [-0.05, 0) is 28.1 Å². The van der Waals surface area contributed by atoms with Gasteiger partial charge in [0.2, 0.25) is 0 Å². The summed E-state index contributed by atoms with van der Waals surface area (Å²) in [6, 6.07) is 1.18. The summed E-state index contributed by atoms with van der Waals surface area (Å²) in [6.45, 7) is 0. The number of ether oxygens (including phenoxy) is 1. The molecule has 0 aliphatic carbocycles. The van der Waals surface area contributed by atoms with Crippen molar-refractivity contribution in [2.75, 3.05) is 5.32 Å². The first-order chi connectivity index (χ1) is 7.69. The lowest BCUT2D eigenvalue weighted by molar-refractivity contribution is -0.274. The summed E-state index contributed by atoms with van der Waals surface area (Å²) >= 11 is 8.49. The smallest absolute Gasteiger partial charge is 0.404 e. The summed E-state index contributed by atoms with van der Waals surface area (Å²) in [6.07, 6.45) is -4.85. The maximum atomic E-state index is 12.0. The van der Waals surface area contributed by atoms with Gasteiger partial charge in [0.1, 0.15) is 5.75 Å². The molecule has 0 bridgehead atoms. The summed E-state index contributed by atoms with van der Waals surface area (Å²) in [5, 5.41) is 1.86. The molecule has 3 N–H and O–H groups in total. The van der Waals surface area contributed by atoms with Crippen LogP contribution in [0.3, 0.4) is 0 Å². The van der Waals surface area contributed by atoms with Crippen molar-refractivity contribution < 1.29 is 22.7 Å². The number of alkyl halides is 3. The van der Waals surface area contributed by atoms with Crippen LogP contribution < -0.4 is 15.8 Å². The average Bonchev–Trinajstić information content (AvgIpc) is 2.10. The average molecular weight is 333 g/mol. The third-order valence-corrected chi connectivity index (χ3v) is 2.46. The highest BCUT2D eigenvalue weighted by molar-refractivity contribution is 9.10. The number of anilines is 1. The molecule has 2 amide bonds. The zero-order valence-electron chi connectivity index (χ0n) is 7.94. The Kier molecular flexibility index (Phi) is 4.10. The van der Waals surface area contributed by atoms with Crippen LogP contribution in [0.15, 0.2) is 16.6 Å². The summed E-state index contributed by atoms with van der Waals surface area (Å²) in [5.74, 6) is -0.582. The fourth-order valence-corrected chi connectivity index (χ4v) is 1.58. The number of nitrogens with two attached hydrogens (primary N) is 1. The second-order valence-electron chi connectivity index (χ2n) is 2.80. The van der Waals surface area contributed by atoms with E-state index in [2.05, 4.69) is 26.0 Å². The quantitative estimate of drug-likeness (QED) is 0.870. The minimum Gasteiger partial charge on any atom is -0.404 e. The van der Waals surface area contributed by atoms with Gasteiger partial charge in [-0.2, -0.15) is 0 Å². The number of amides is 2. The fraction of sp³-hybridized carbons (Fsp3) is 0.125. The van der Waals surface area contributed by atoms with Crippen LogP contribution >= 0.6 is 27.5 Å². The maximum Gasteiger partial charge on any atom is 0.573 e. The SMILES string of the molecule is NC(=O)Nc1cc(Cl)c(OC(F)(F)F)cc1Br. The zero-order valence-corrected chi connectivity index (χ0v) is 10.3. The molecule has 17 heavy (non-hydrogen) atoms. The van der Waals surface area contributed by atoms with Crippen LogP contribution in [0.4, 0.5) is 23.7 Å². The lowest BCUT2D eigenvalue weighted by atomic mass is 10.3. The van der Waals surface area contributed by atoms with Crippen LogP contribution in [0.2, 0.25) is 5.02 Å². The van der Waals surface area contributed by atoms with Crippen molar-refractivity contribution in [2.45, 2.75) is 6.36 Å². The first-order valence-electron chi connectivity index (χ1n) is 4.00. The van der Waals surface area contributed by atoms with Crippen molar-refractivity contribution in [2.24, 2.45) is 5.73 Å². The molecule has 0 radical (unpaired) electrons.